The molecule has 2 heteroatoms. The summed E-state index contributed by atoms with van der Waals surface area (Å²) in [7, 11) is 0. The third-order valence-electron chi connectivity index (χ3n) is 1.50. The second kappa shape index (κ2) is 4.57. The first kappa shape index (κ1) is 8.81. The summed E-state index contributed by atoms with van der Waals surface area (Å²) in [5, 5.41) is 9.46. The maximum atomic E-state index is 9.46. The first-order valence-electron chi connectivity index (χ1n) is 3.83. The maximum absolute atomic E-state index is 9.46. The fraction of sp³-hybridized carbons (Fsp3) is 0.200. The third-order valence-corrected chi connectivity index (χ3v) is 1.50. The van der Waals surface area contributed by atoms with E-state index in [4.69, 9.17) is 4.42 Å². The van der Waals surface area contributed by atoms with Crippen molar-refractivity contribution in [3.63, 3.8) is 0 Å². The number of allylic oxidation sites excluding steroid dienone is 2. The third kappa shape index (κ3) is 2.40. The van der Waals surface area contributed by atoms with Crippen LogP contribution in [0.15, 0.2) is 47.6 Å². The molecule has 0 radical (unpaired) electrons. The molecule has 0 aliphatic heterocycles. The second-order valence-corrected chi connectivity index (χ2v) is 2.43. The molecule has 1 atom stereocenters. The zero-order valence-corrected chi connectivity index (χ0v) is 6.81. The molecule has 0 unspecified atom stereocenters. The van der Waals surface area contributed by atoms with Crippen molar-refractivity contribution in [3.8, 4) is 0 Å². The highest BCUT2D eigenvalue weighted by atomic mass is 16.4. The van der Waals surface area contributed by atoms with Crippen molar-refractivity contribution in [2.75, 3.05) is 0 Å². The molecule has 0 aromatic carbocycles. The van der Waals surface area contributed by atoms with Gasteiger partial charge in [0.1, 0.15) is 11.9 Å². The second-order valence-electron chi connectivity index (χ2n) is 2.43. The molecule has 12 heavy (non-hydrogen) atoms. The van der Waals surface area contributed by atoms with E-state index in [1.807, 2.05) is 6.08 Å². The van der Waals surface area contributed by atoms with Crippen molar-refractivity contribution >= 4 is 0 Å². The number of rotatable bonds is 4. The van der Waals surface area contributed by atoms with Gasteiger partial charge < -0.3 is 9.52 Å². The van der Waals surface area contributed by atoms with E-state index in [2.05, 4.69) is 6.58 Å². The van der Waals surface area contributed by atoms with Crippen LogP contribution in [0.1, 0.15) is 18.3 Å². The first-order chi connectivity index (χ1) is 5.84. The molecule has 1 rings (SSSR count). The van der Waals surface area contributed by atoms with Crippen molar-refractivity contribution in [1.82, 2.24) is 0 Å². The van der Waals surface area contributed by atoms with E-state index in [0.717, 1.165) is 0 Å². The quantitative estimate of drug-likeness (QED) is 0.693. The van der Waals surface area contributed by atoms with E-state index in [1.54, 1.807) is 30.5 Å². The molecular formula is C10H12O2. The monoisotopic (exact) mass is 164 g/mol. The summed E-state index contributed by atoms with van der Waals surface area (Å²) in [6, 6.07) is 3.52. The van der Waals surface area contributed by atoms with Crippen LogP contribution < -0.4 is 0 Å². The van der Waals surface area contributed by atoms with Crippen LogP contribution in [0, 0.1) is 0 Å². The molecule has 1 aromatic heterocycles. The van der Waals surface area contributed by atoms with Crippen molar-refractivity contribution < 1.29 is 9.52 Å². The lowest BCUT2D eigenvalue weighted by Gasteiger charge is -2.02. The van der Waals surface area contributed by atoms with Crippen molar-refractivity contribution in [2.24, 2.45) is 0 Å². The first-order valence-corrected chi connectivity index (χ1v) is 3.83. The highest BCUT2D eigenvalue weighted by Gasteiger charge is 2.06. The summed E-state index contributed by atoms with van der Waals surface area (Å²) in [6.45, 7) is 3.53. The van der Waals surface area contributed by atoms with Crippen LogP contribution in [0.2, 0.25) is 0 Å². The number of hydrogen-bond acceptors (Lipinski definition) is 2. The van der Waals surface area contributed by atoms with Gasteiger partial charge in [0.05, 0.1) is 6.26 Å². The Hall–Kier alpha value is -1.28. The lowest BCUT2D eigenvalue weighted by atomic mass is 10.2. The number of furan rings is 1. The van der Waals surface area contributed by atoms with Gasteiger partial charge in [0.15, 0.2) is 0 Å². The van der Waals surface area contributed by atoms with Crippen LogP contribution in [0.25, 0.3) is 0 Å². The van der Waals surface area contributed by atoms with E-state index in [9.17, 15) is 5.11 Å². The van der Waals surface area contributed by atoms with E-state index in [-0.39, 0.29) is 0 Å². The molecule has 0 aliphatic rings. The molecule has 0 amide bonds. The van der Waals surface area contributed by atoms with Gasteiger partial charge in [0.25, 0.3) is 0 Å². The minimum absolute atomic E-state index is 0.545. The van der Waals surface area contributed by atoms with Crippen LogP contribution in [-0.4, -0.2) is 5.11 Å². The molecule has 64 valence electrons. The summed E-state index contributed by atoms with van der Waals surface area (Å²) >= 11 is 0. The zero-order chi connectivity index (χ0) is 8.81. The van der Waals surface area contributed by atoms with Gasteiger partial charge in [-0.2, -0.15) is 0 Å². The fourth-order valence-corrected chi connectivity index (χ4v) is 0.901. The van der Waals surface area contributed by atoms with Gasteiger partial charge >= 0.3 is 0 Å². The van der Waals surface area contributed by atoms with Gasteiger partial charge in [-0.05, 0) is 18.6 Å². The molecule has 1 aromatic rings. The van der Waals surface area contributed by atoms with Gasteiger partial charge in [0, 0.05) is 0 Å². The van der Waals surface area contributed by atoms with Gasteiger partial charge in [0.2, 0.25) is 0 Å². The molecule has 0 bridgehead atoms. The largest absolute Gasteiger partial charge is 0.467 e. The lowest BCUT2D eigenvalue weighted by Crippen LogP contribution is -1.92. The Balaban J connectivity index is 2.44. The SMILES string of the molecule is C=C/C=C\C[C@@H](O)c1ccco1. The fourth-order valence-electron chi connectivity index (χ4n) is 0.901. The molecule has 0 spiro atoms. The molecule has 2 nitrogen and oxygen atoms in total. The van der Waals surface area contributed by atoms with Crippen molar-refractivity contribution in [3.05, 3.63) is 49.0 Å². The Kier molecular flexibility index (Phi) is 3.35. The number of hydrogen-bond donors (Lipinski definition) is 1. The minimum atomic E-state index is -0.545. The highest BCUT2D eigenvalue weighted by Crippen LogP contribution is 2.16. The Bertz CT molecular complexity index is 247. The van der Waals surface area contributed by atoms with Crippen LogP contribution in [0.4, 0.5) is 0 Å². The maximum Gasteiger partial charge on any atom is 0.132 e. The van der Waals surface area contributed by atoms with Crippen LogP contribution in [0.5, 0.6) is 0 Å². The molecule has 1 heterocycles. The Morgan fingerprint density at radius 1 is 1.67 bits per heavy atom. The zero-order valence-electron chi connectivity index (χ0n) is 6.81. The number of aliphatic hydroxyl groups excluding tert-OH is 1. The Labute approximate surface area is 71.8 Å². The van der Waals surface area contributed by atoms with Gasteiger partial charge in [-0.3, -0.25) is 0 Å². The minimum Gasteiger partial charge on any atom is -0.467 e. The average molecular weight is 164 g/mol. The van der Waals surface area contributed by atoms with Crippen LogP contribution in [0.3, 0.4) is 0 Å². The normalized spacial score (nSPS) is 13.4. The van der Waals surface area contributed by atoms with Crippen LogP contribution in [-0.2, 0) is 0 Å². The molecule has 0 fully saturated rings. The molecule has 0 aliphatic carbocycles. The Morgan fingerprint density at radius 3 is 3.08 bits per heavy atom. The summed E-state index contributed by atoms with van der Waals surface area (Å²) < 4.78 is 5.02. The Morgan fingerprint density at radius 2 is 2.50 bits per heavy atom. The molecule has 1 N–H and O–H groups in total. The smallest absolute Gasteiger partial charge is 0.132 e. The van der Waals surface area contributed by atoms with Crippen molar-refractivity contribution in [1.29, 1.82) is 0 Å². The van der Waals surface area contributed by atoms with Gasteiger partial charge in [-0.25, -0.2) is 0 Å². The number of aliphatic hydroxyl groups is 1. The average Bonchev–Trinajstić information content (AvgIpc) is 2.56. The van der Waals surface area contributed by atoms with Crippen LogP contribution >= 0.6 is 0 Å². The predicted octanol–water partition coefficient (Wildman–Crippen LogP) is 2.45. The summed E-state index contributed by atoms with van der Waals surface area (Å²) in [5.41, 5.74) is 0. The molecule has 0 saturated carbocycles. The van der Waals surface area contributed by atoms with E-state index in [1.165, 1.54) is 0 Å². The molecule has 0 saturated heterocycles. The molecular weight excluding hydrogens is 152 g/mol. The van der Waals surface area contributed by atoms with E-state index in [0.29, 0.717) is 12.2 Å². The standard InChI is InChI=1S/C10H12O2/c1-2-3-4-6-9(11)10-7-5-8-12-10/h2-5,7-9,11H,1,6H2/b4-3-/t9-/m1/s1. The summed E-state index contributed by atoms with van der Waals surface area (Å²) in [4.78, 5) is 0. The van der Waals surface area contributed by atoms with E-state index < -0.39 is 6.10 Å². The van der Waals surface area contributed by atoms with E-state index >= 15 is 0 Å². The van der Waals surface area contributed by atoms with Crippen molar-refractivity contribution in [2.45, 2.75) is 12.5 Å². The topological polar surface area (TPSA) is 33.4 Å². The highest BCUT2D eigenvalue weighted by molar-refractivity contribution is 5.05. The van der Waals surface area contributed by atoms with Gasteiger partial charge in [-0.1, -0.05) is 24.8 Å². The lowest BCUT2D eigenvalue weighted by molar-refractivity contribution is 0.153. The summed E-state index contributed by atoms with van der Waals surface area (Å²) in [6.07, 6.45) is 6.88. The summed E-state index contributed by atoms with van der Waals surface area (Å²) in [5.74, 6) is 0.601. The predicted molar refractivity (Wildman–Crippen MR) is 47.6 cm³/mol. The van der Waals surface area contributed by atoms with Gasteiger partial charge in [-0.15, -0.1) is 0 Å².